The number of thiophene rings is 1. The van der Waals surface area contributed by atoms with Crippen molar-refractivity contribution in [3.63, 3.8) is 0 Å². The van der Waals surface area contributed by atoms with E-state index in [1.54, 1.807) is 19.9 Å². The number of aromatic nitrogens is 2. The van der Waals surface area contributed by atoms with E-state index in [1.807, 2.05) is 0 Å². The molecule has 0 aliphatic heterocycles. The smallest absolute Gasteiger partial charge is 0.348 e. The fourth-order valence-corrected chi connectivity index (χ4v) is 2.62. The maximum Gasteiger partial charge on any atom is 0.348 e. The number of nitrogens with one attached hydrogen (secondary N) is 1. The third-order valence-electron chi connectivity index (χ3n) is 2.48. The highest BCUT2D eigenvalue weighted by Crippen LogP contribution is 2.27. The average molecular weight is 326 g/mol. The number of amides is 1. The number of hydrogen-bond donors (Lipinski definition) is 1. The largest absolute Gasteiger partial charge is 0.462 e. The Labute approximate surface area is 130 Å². The van der Waals surface area contributed by atoms with Crippen LogP contribution in [0, 0.1) is 6.92 Å². The zero-order chi connectivity index (χ0) is 15.4. The Morgan fingerprint density at radius 2 is 2.14 bits per heavy atom. The summed E-state index contributed by atoms with van der Waals surface area (Å²) in [6, 6.07) is 4.66. The van der Waals surface area contributed by atoms with Gasteiger partial charge in [-0.2, -0.15) is 0 Å². The van der Waals surface area contributed by atoms with E-state index in [1.165, 1.54) is 12.1 Å². The molecule has 0 unspecified atom stereocenters. The summed E-state index contributed by atoms with van der Waals surface area (Å²) in [6.07, 6.45) is 0. The lowest BCUT2D eigenvalue weighted by Crippen LogP contribution is -2.13. The molecule has 2 heterocycles. The van der Waals surface area contributed by atoms with Gasteiger partial charge in [0, 0.05) is 0 Å². The van der Waals surface area contributed by atoms with Gasteiger partial charge in [0.15, 0.2) is 10.8 Å². The highest BCUT2D eigenvalue weighted by atomic mass is 35.5. The van der Waals surface area contributed by atoms with Crippen LogP contribution < -0.4 is 5.32 Å². The molecule has 6 nitrogen and oxygen atoms in total. The second kappa shape index (κ2) is 6.64. The molecular weight excluding hydrogens is 314 g/mol. The highest BCUT2D eigenvalue weighted by molar-refractivity contribution is 7.18. The Morgan fingerprint density at radius 3 is 2.76 bits per heavy atom. The lowest BCUT2D eigenvalue weighted by molar-refractivity contribution is 0.0531. The number of hydrogen-bond acceptors (Lipinski definition) is 6. The third kappa shape index (κ3) is 3.77. The number of esters is 1. The number of halogens is 1. The van der Waals surface area contributed by atoms with Crippen LogP contribution in [-0.4, -0.2) is 28.7 Å². The van der Waals surface area contributed by atoms with Crippen LogP contribution in [0.2, 0.25) is 5.15 Å². The molecule has 0 aromatic carbocycles. The van der Waals surface area contributed by atoms with E-state index in [-0.39, 0.29) is 10.8 Å². The first-order valence-electron chi connectivity index (χ1n) is 6.09. The van der Waals surface area contributed by atoms with Crippen molar-refractivity contribution in [1.82, 2.24) is 10.2 Å². The van der Waals surface area contributed by atoms with Crippen LogP contribution in [0.3, 0.4) is 0 Å². The molecule has 0 saturated carbocycles. The number of carbonyl (C=O) groups excluding carboxylic acids is 2. The van der Waals surface area contributed by atoms with Gasteiger partial charge in [0.05, 0.1) is 11.6 Å². The van der Waals surface area contributed by atoms with Gasteiger partial charge in [-0.05, 0) is 37.6 Å². The maximum absolute atomic E-state index is 12.0. The van der Waals surface area contributed by atoms with Crippen molar-refractivity contribution in [3.8, 4) is 0 Å². The first-order valence-corrected chi connectivity index (χ1v) is 7.29. The summed E-state index contributed by atoms with van der Waals surface area (Å²) in [5, 5.41) is 10.7. The molecule has 2 rings (SSSR count). The minimum absolute atomic E-state index is 0.142. The maximum atomic E-state index is 12.0. The standard InChI is InChI=1S/C13H12ClN3O3S/c1-3-20-13(19)11-7(2)6-10(21-11)15-12(18)8-4-5-9(14)17-16-8/h4-6H,3H2,1-2H3,(H,15,18). The molecule has 2 aromatic heterocycles. The van der Waals surface area contributed by atoms with Crippen LogP contribution in [0.4, 0.5) is 5.00 Å². The molecule has 1 amide bonds. The van der Waals surface area contributed by atoms with Crippen molar-refractivity contribution in [1.29, 1.82) is 0 Å². The van der Waals surface area contributed by atoms with Gasteiger partial charge >= 0.3 is 5.97 Å². The number of ether oxygens (including phenoxy) is 1. The van der Waals surface area contributed by atoms with Crippen LogP contribution in [0.15, 0.2) is 18.2 Å². The lowest BCUT2D eigenvalue weighted by Gasteiger charge is -2.01. The van der Waals surface area contributed by atoms with E-state index >= 15 is 0 Å². The molecule has 0 radical (unpaired) electrons. The number of carbonyl (C=O) groups is 2. The summed E-state index contributed by atoms with van der Waals surface area (Å²) < 4.78 is 4.95. The molecule has 8 heteroatoms. The summed E-state index contributed by atoms with van der Waals surface area (Å²) in [4.78, 5) is 24.2. The van der Waals surface area contributed by atoms with Crippen molar-refractivity contribution in [2.24, 2.45) is 0 Å². The minimum Gasteiger partial charge on any atom is -0.462 e. The molecule has 0 spiro atoms. The lowest BCUT2D eigenvalue weighted by atomic mass is 10.3. The fourth-order valence-electron chi connectivity index (χ4n) is 1.56. The van der Waals surface area contributed by atoms with E-state index in [9.17, 15) is 9.59 Å². The van der Waals surface area contributed by atoms with E-state index in [2.05, 4.69) is 15.5 Å². The summed E-state index contributed by atoms with van der Waals surface area (Å²) in [5.41, 5.74) is 0.888. The predicted octanol–water partition coefficient (Wildman–Crippen LogP) is 2.93. The predicted molar refractivity (Wildman–Crippen MR) is 80.0 cm³/mol. The van der Waals surface area contributed by atoms with Crippen molar-refractivity contribution in [2.45, 2.75) is 13.8 Å². The Kier molecular flexibility index (Phi) is 4.87. The third-order valence-corrected chi connectivity index (χ3v) is 3.81. The molecule has 21 heavy (non-hydrogen) atoms. The zero-order valence-corrected chi connectivity index (χ0v) is 12.9. The Balaban J connectivity index is 2.13. The quantitative estimate of drug-likeness (QED) is 0.874. The van der Waals surface area contributed by atoms with Gasteiger partial charge in [-0.15, -0.1) is 21.5 Å². The Bertz CT molecular complexity index is 670. The van der Waals surface area contributed by atoms with Gasteiger partial charge in [0.2, 0.25) is 0 Å². The number of nitrogens with zero attached hydrogens (tertiary/aromatic N) is 2. The molecule has 0 saturated heterocycles. The molecule has 0 aliphatic carbocycles. The van der Waals surface area contributed by atoms with Crippen LogP contribution in [0.1, 0.15) is 32.6 Å². The summed E-state index contributed by atoms with van der Waals surface area (Å²) in [7, 11) is 0. The average Bonchev–Trinajstić information content (AvgIpc) is 2.80. The number of anilines is 1. The van der Waals surface area contributed by atoms with Gasteiger partial charge in [-0.25, -0.2) is 4.79 Å². The van der Waals surface area contributed by atoms with Crippen molar-refractivity contribution < 1.29 is 14.3 Å². The van der Waals surface area contributed by atoms with E-state index in [0.29, 0.717) is 16.5 Å². The highest BCUT2D eigenvalue weighted by Gasteiger charge is 2.16. The van der Waals surface area contributed by atoms with Crippen molar-refractivity contribution in [2.75, 3.05) is 11.9 Å². The van der Waals surface area contributed by atoms with E-state index < -0.39 is 11.9 Å². The summed E-state index contributed by atoms with van der Waals surface area (Å²) in [5.74, 6) is -0.817. The number of rotatable bonds is 4. The van der Waals surface area contributed by atoms with Crippen molar-refractivity contribution >= 4 is 39.8 Å². The minimum atomic E-state index is -0.421. The number of aryl methyl sites for hydroxylation is 1. The van der Waals surface area contributed by atoms with Crippen LogP contribution >= 0.6 is 22.9 Å². The molecule has 0 bridgehead atoms. The second-order valence-corrected chi connectivity index (χ2v) is 5.48. The van der Waals surface area contributed by atoms with Crippen LogP contribution in [0.25, 0.3) is 0 Å². The zero-order valence-electron chi connectivity index (χ0n) is 11.3. The molecule has 0 fully saturated rings. The summed E-state index contributed by atoms with van der Waals surface area (Å²) in [6.45, 7) is 3.82. The molecule has 2 aromatic rings. The van der Waals surface area contributed by atoms with Crippen molar-refractivity contribution in [3.05, 3.63) is 39.5 Å². The fraction of sp³-hybridized carbons (Fsp3) is 0.231. The van der Waals surface area contributed by atoms with Crippen LogP contribution in [-0.2, 0) is 4.74 Å². The first-order chi connectivity index (χ1) is 10.0. The molecule has 110 valence electrons. The normalized spacial score (nSPS) is 10.2. The van der Waals surface area contributed by atoms with Gasteiger partial charge in [0.1, 0.15) is 4.88 Å². The van der Waals surface area contributed by atoms with E-state index in [4.69, 9.17) is 16.3 Å². The Hall–Kier alpha value is -1.99. The molecular formula is C13H12ClN3O3S. The van der Waals surface area contributed by atoms with Gasteiger partial charge in [0.25, 0.3) is 5.91 Å². The van der Waals surface area contributed by atoms with Gasteiger partial charge < -0.3 is 10.1 Å². The van der Waals surface area contributed by atoms with Gasteiger partial charge in [-0.3, -0.25) is 4.79 Å². The Morgan fingerprint density at radius 1 is 1.38 bits per heavy atom. The SMILES string of the molecule is CCOC(=O)c1sc(NC(=O)c2ccc(Cl)nn2)cc1C. The van der Waals surface area contributed by atoms with Crippen LogP contribution in [0.5, 0.6) is 0 Å². The first kappa shape index (κ1) is 15.4. The molecule has 0 atom stereocenters. The van der Waals surface area contributed by atoms with Gasteiger partial charge in [-0.1, -0.05) is 11.6 Å². The molecule has 1 N–H and O–H groups in total. The topological polar surface area (TPSA) is 81.2 Å². The summed E-state index contributed by atoms with van der Waals surface area (Å²) >= 11 is 6.76. The molecule has 0 aliphatic rings. The monoisotopic (exact) mass is 325 g/mol. The second-order valence-electron chi connectivity index (χ2n) is 4.04. The van der Waals surface area contributed by atoms with E-state index in [0.717, 1.165) is 16.9 Å².